The standard InChI is InChI=1S/C17H19NO4/c1-17(22-16(18)19,12-6-4-8-14(10-12)20-2)13-7-5-9-15(11-13)21-3/h4-11H,1-3H3,(H2,18,19). The molecular weight excluding hydrogens is 282 g/mol. The minimum absolute atomic E-state index is 0.666. The molecule has 5 nitrogen and oxygen atoms in total. The summed E-state index contributed by atoms with van der Waals surface area (Å²) in [4.78, 5) is 11.4. The van der Waals surface area contributed by atoms with Gasteiger partial charge in [0.15, 0.2) is 5.60 Å². The molecule has 2 rings (SSSR count). The number of hydrogen-bond acceptors (Lipinski definition) is 4. The summed E-state index contributed by atoms with van der Waals surface area (Å²) in [6.07, 6.45) is -0.854. The highest BCUT2D eigenvalue weighted by Gasteiger charge is 2.33. The average molecular weight is 301 g/mol. The second kappa shape index (κ2) is 6.39. The Kier molecular flexibility index (Phi) is 4.56. The Hall–Kier alpha value is -2.69. The molecule has 0 aliphatic heterocycles. The van der Waals surface area contributed by atoms with E-state index in [0.29, 0.717) is 11.5 Å². The molecule has 0 unspecified atom stereocenters. The van der Waals surface area contributed by atoms with Gasteiger partial charge in [-0.05, 0) is 31.2 Å². The lowest BCUT2D eigenvalue weighted by Gasteiger charge is -2.30. The number of primary amides is 1. The first-order chi connectivity index (χ1) is 10.5. The molecule has 2 aromatic carbocycles. The van der Waals surface area contributed by atoms with Crippen molar-refractivity contribution in [2.24, 2.45) is 5.73 Å². The summed E-state index contributed by atoms with van der Waals surface area (Å²) >= 11 is 0. The molecule has 116 valence electrons. The van der Waals surface area contributed by atoms with E-state index in [4.69, 9.17) is 19.9 Å². The van der Waals surface area contributed by atoms with Crippen molar-refractivity contribution < 1.29 is 19.0 Å². The Balaban J connectivity index is 2.57. The van der Waals surface area contributed by atoms with Crippen molar-refractivity contribution in [1.82, 2.24) is 0 Å². The zero-order chi connectivity index (χ0) is 16.2. The fourth-order valence-electron chi connectivity index (χ4n) is 2.33. The van der Waals surface area contributed by atoms with Gasteiger partial charge in [0.05, 0.1) is 14.2 Å². The molecule has 0 radical (unpaired) electrons. The van der Waals surface area contributed by atoms with E-state index in [1.807, 2.05) is 48.5 Å². The van der Waals surface area contributed by atoms with Crippen LogP contribution in [0.1, 0.15) is 18.1 Å². The van der Waals surface area contributed by atoms with Gasteiger partial charge in [0.25, 0.3) is 0 Å². The predicted molar refractivity (Wildman–Crippen MR) is 83.1 cm³/mol. The van der Waals surface area contributed by atoms with Gasteiger partial charge in [0.2, 0.25) is 0 Å². The maximum atomic E-state index is 11.4. The molecule has 0 saturated heterocycles. The van der Waals surface area contributed by atoms with Gasteiger partial charge in [-0.15, -0.1) is 0 Å². The van der Waals surface area contributed by atoms with Crippen molar-refractivity contribution >= 4 is 6.09 Å². The number of amides is 1. The lowest BCUT2D eigenvalue weighted by molar-refractivity contribution is 0.0592. The van der Waals surface area contributed by atoms with Gasteiger partial charge < -0.3 is 19.9 Å². The van der Waals surface area contributed by atoms with Crippen LogP contribution < -0.4 is 15.2 Å². The number of hydrogen-bond donors (Lipinski definition) is 1. The van der Waals surface area contributed by atoms with Crippen molar-refractivity contribution in [3.05, 3.63) is 59.7 Å². The molecule has 0 saturated carbocycles. The Bertz CT molecular complexity index is 622. The predicted octanol–water partition coefficient (Wildman–Crippen LogP) is 3.06. The summed E-state index contributed by atoms with van der Waals surface area (Å²) in [7, 11) is 3.16. The lowest BCUT2D eigenvalue weighted by Crippen LogP contribution is -2.33. The molecule has 2 N–H and O–H groups in total. The lowest BCUT2D eigenvalue weighted by atomic mass is 9.87. The number of benzene rings is 2. The number of methoxy groups -OCH3 is 2. The molecule has 0 atom stereocenters. The topological polar surface area (TPSA) is 70.8 Å². The van der Waals surface area contributed by atoms with Crippen molar-refractivity contribution in [2.45, 2.75) is 12.5 Å². The third-order valence-corrected chi connectivity index (χ3v) is 3.55. The Morgan fingerprint density at radius 3 is 1.77 bits per heavy atom. The third kappa shape index (κ3) is 3.14. The Labute approximate surface area is 129 Å². The smallest absolute Gasteiger partial charge is 0.405 e. The Morgan fingerprint density at radius 1 is 0.955 bits per heavy atom. The average Bonchev–Trinajstić information content (AvgIpc) is 2.54. The zero-order valence-electron chi connectivity index (χ0n) is 12.8. The second-order valence-electron chi connectivity index (χ2n) is 4.92. The van der Waals surface area contributed by atoms with Crippen LogP contribution in [0, 0.1) is 0 Å². The van der Waals surface area contributed by atoms with Crippen LogP contribution in [-0.4, -0.2) is 20.3 Å². The molecular formula is C17H19NO4. The summed E-state index contributed by atoms with van der Waals surface area (Å²) in [5.74, 6) is 1.33. The normalized spacial score (nSPS) is 10.9. The molecule has 0 fully saturated rings. The molecule has 0 aliphatic carbocycles. The van der Waals surface area contributed by atoms with Gasteiger partial charge in [-0.2, -0.15) is 0 Å². The van der Waals surface area contributed by atoms with Crippen LogP contribution in [0.25, 0.3) is 0 Å². The Morgan fingerprint density at radius 2 is 1.41 bits per heavy atom. The number of nitrogens with two attached hydrogens (primary N) is 1. The molecule has 1 amide bonds. The molecule has 0 aromatic heterocycles. The zero-order valence-corrected chi connectivity index (χ0v) is 12.8. The third-order valence-electron chi connectivity index (χ3n) is 3.55. The first-order valence-electron chi connectivity index (χ1n) is 6.77. The summed E-state index contributed by atoms with van der Waals surface area (Å²) in [6, 6.07) is 14.6. The minimum atomic E-state index is -1.05. The van der Waals surface area contributed by atoms with Gasteiger partial charge >= 0.3 is 6.09 Å². The van der Waals surface area contributed by atoms with Crippen LogP contribution >= 0.6 is 0 Å². The highest BCUT2D eigenvalue weighted by molar-refractivity contribution is 5.66. The molecule has 22 heavy (non-hydrogen) atoms. The maximum Gasteiger partial charge on any atom is 0.405 e. The quantitative estimate of drug-likeness (QED) is 0.921. The van der Waals surface area contributed by atoms with Crippen molar-refractivity contribution in [2.75, 3.05) is 14.2 Å². The first kappa shape index (κ1) is 15.7. The van der Waals surface area contributed by atoms with Crippen LogP contribution in [0.5, 0.6) is 11.5 Å². The molecule has 2 aromatic rings. The van der Waals surface area contributed by atoms with Crippen LogP contribution in [0.2, 0.25) is 0 Å². The van der Waals surface area contributed by atoms with E-state index in [2.05, 4.69) is 0 Å². The van der Waals surface area contributed by atoms with Crippen molar-refractivity contribution in [3.8, 4) is 11.5 Å². The van der Waals surface area contributed by atoms with Gasteiger partial charge in [0.1, 0.15) is 11.5 Å². The van der Waals surface area contributed by atoms with E-state index in [0.717, 1.165) is 11.1 Å². The van der Waals surface area contributed by atoms with Crippen LogP contribution in [0.4, 0.5) is 4.79 Å². The van der Waals surface area contributed by atoms with Crippen LogP contribution in [-0.2, 0) is 10.3 Å². The highest BCUT2D eigenvalue weighted by atomic mass is 16.6. The summed E-state index contributed by atoms with van der Waals surface area (Å²) in [5, 5.41) is 0. The number of carbonyl (C=O) groups excluding carboxylic acids is 1. The maximum absolute atomic E-state index is 11.4. The number of ether oxygens (including phenoxy) is 3. The second-order valence-corrected chi connectivity index (χ2v) is 4.92. The van der Waals surface area contributed by atoms with Gasteiger partial charge in [-0.3, -0.25) is 0 Å². The number of rotatable bonds is 5. The fraction of sp³-hybridized carbons (Fsp3) is 0.235. The SMILES string of the molecule is COc1cccc(C(C)(OC(N)=O)c2cccc(OC)c2)c1. The van der Waals surface area contributed by atoms with Crippen molar-refractivity contribution in [1.29, 1.82) is 0 Å². The first-order valence-corrected chi connectivity index (χ1v) is 6.77. The summed E-state index contributed by atoms with van der Waals surface area (Å²) < 4.78 is 15.9. The van der Waals surface area contributed by atoms with E-state index in [-0.39, 0.29) is 0 Å². The summed E-state index contributed by atoms with van der Waals surface area (Å²) in [6.45, 7) is 1.78. The van der Waals surface area contributed by atoms with E-state index in [1.165, 1.54) is 0 Å². The molecule has 0 heterocycles. The van der Waals surface area contributed by atoms with Crippen LogP contribution in [0.15, 0.2) is 48.5 Å². The molecule has 0 bridgehead atoms. The van der Waals surface area contributed by atoms with E-state index in [9.17, 15) is 4.79 Å². The molecule has 5 heteroatoms. The monoisotopic (exact) mass is 301 g/mol. The largest absolute Gasteiger partial charge is 0.497 e. The van der Waals surface area contributed by atoms with E-state index < -0.39 is 11.7 Å². The van der Waals surface area contributed by atoms with E-state index >= 15 is 0 Å². The highest BCUT2D eigenvalue weighted by Crippen LogP contribution is 2.36. The summed E-state index contributed by atoms with van der Waals surface area (Å²) in [5.41, 5.74) is 5.72. The van der Waals surface area contributed by atoms with Crippen molar-refractivity contribution in [3.63, 3.8) is 0 Å². The van der Waals surface area contributed by atoms with Crippen LogP contribution in [0.3, 0.4) is 0 Å². The van der Waals surface area contributed by atoms with Gasteiger partial charge in [-0.25, -0.2) is 4.79 Å². The molecule has 0 aliphatic rings. The van der Waals surface area contributed by atoms with E-state index in [1.54, 1.807) is 21.1 Å². The fourth-order valence-corrected chi connectivity index (χ4v) is 2.33. The van der Waals surface area contributed by atoms with Gasteiger partial charge in [0, 0.05) is 11.1 Å². The minimum Gasteiger partial charge on any atom is -0.497 e. The molecule has 0 spiro atoms. The number of carbonyl (C=O) groups is 1. The van der Waals surface area contributed by atoms with Gasteiger partial charge in [-0.1, -0.05) is 24.3 Å².